The molecule has 0 aliphatic carbocycles. The number of carbonyl (C=O) groups is 1. The van der Waals surface area contributed by atoms with Gasteiger partial charge in [0.05, 0.1) is 19.4 Å². The Balaban J connectivity index is 1.30. The number of carbonyl (C=O) groups excluding carboxylic acids is 1. The van der Waals surface area contributed by atoms with Gasteiger partial charge in [-0.2, -0.15) is 0 Å². The summed E-state index contributed by atoms with van der Waals surface area (Å²) in [6.45, 7) is 8.20. The summed E-state index contributed by atoms with van der Waals surface area (Å²) < 4.78 is 23.6. The highest BCUT2D eigenvalue weighted by atomic mass is 16.7. The van der Waals surface area contributed by atoms with Crippen LogP contribution in [0, 0.1) is 0 Å². The maximum Gasteiger partial charge on any atom is 0.340 e. The normalized spacial score (nSPS) is 18.1. The molecule has 8 heteroatoms. The largest absolute Gasteiger partial charge is 0.493 e. The quantitative estimate of drug-likeness (QED) is 0.457. The van der Waals surface area contributed by atoms with Crippen LogP contribution in [0.4, 0.5) is 10.5 Å². The lowest BCUT2D eigenvalue weighted by molar-refractivity contribution is -0.0439. The fraction of sp³-hybridized carbons (Fsp3) is 0.300. The fourth-order valence-electron chi connectivity index (χ4n) is 5.17. The van der Waals surface area contributed by atoms with Crippen LogP contribution in [0.2, 0.25) is 0 Å². The molecule has 0 spiro atoms. The number of methoxy groups -OCH3 is 1. The van der Waals surface area contributed by atoms with E-state index < -0.39 is 5.79 Å². The van der Waals surface area contributed by atoms with E-state index in [2.05, 4.69) is 24.6 Å². The molecule has 0 fully saturated rings. The number of hydrazine groups is 1. The minimum atomic E-state index is -0.796. The number of urea groups is 1. The number of amides is 2. The second-order valence-electron chi connectivity index (χ2n) is 10.8. The van der Waals surface area contributed by atoms with Crippen molar-refractivity contribution in [3.63, 3.8) is 0 Å². The average molecular weight is 514 g/mol. The van der Waals surface area contributed by atoms with Gasteiger partial charge in [0.1, 0.15) is 11.4 Å². The van der Waals surface area contributed by atoms with Gasteiger partial charge in [-0.3, -0.25) is 5.43 Å². The van der Waals surface area contributed by atoms with Crippen molar-refractivity contribution in [2.24, 2.45) is 0 Å². The van der Waals surface area contributed by atoms with E-state index in [0.717, 1.165) is 45.8 Å². The van der Waals surface area contributed by atoms with E-state index in [1.54, 1.807) is 12.1 Å². The first-order valence-corrected chi connectivity index (χ1v) is 12.7. The number of ether oxygens (including phenoxy) is 4. The molecule has 3 aromatic rings. The van der Waals surface area contributed by atoms with Crippen LogP contribution in [0.3, 0.4) is 0 Å². The highest BCUT2D eigenvalue weighted by Gasteiger charge is 2.36. The predicted molar refractivity (Wildman–Crippen MR) is 145 cm³/mol. The average Bonchev–Trinajstić information content (AvgIpc) is 3.54. The molecule has 38 heavy (non-hydrogen) atoms. The van der Waals surface area contributed by atoms with Crippen molar-refractivity contribution in [1.82, 2.24) is 10.4 Å². The number of nitrogens with zero attached hydrogens (tertiary/aromatic N) is 1. The van der Waals surface area contributed by atoms with Gasteiger partial charge in [-0.15, -0.1) is 0 Å². The van der Waals surface area contributed by atoms with Crippen molar-refractivity contribution in [2.45, 2.75) is 45.5 Å². The Labute approximate surface area is 222 Å². The summed E-state index contributed by atoms with van der Waals surface area (Å²) in [5.41, 5.74) is 8.50. The first-order valence-electron chi connectivity index (χ1n) is 12.7. The van der Waals surface area contributed by atoms with E-state index in [1.165, 1.54) is 0 Å². The second-order valence-corrected chi connectivity index (χ2v) is 10.8. The molecule has 0 radical (unpaired) electrons. The van der Waals surface area contributed by atoms with Gasteiger partial charge in [-0.1, -0.05) is 30.3 Å². The van der Waals surface area contributed by atoms with Gasteiger partial charge < -0.3 is 24.3 Å². The lowest BCUT2D eigenvalue weighted by atomic mass is 10.00. The lowest BCUT2D eigenvalue weighted by Crippen LogP contribution is -2.40. The Morgan fingerprint density at radius 2 is 1.74 bits per heavy atom. The van der Waals surface area contributed by atoms with Crippen LogP contribution in [0.15, 0.2) is 60.7 Å². The molecule has 3 heterocycles. The van der Waals surface area contributed by atoms with Crippen molar-refractivity contribution < 1.29 is 23.7 Å². The van der Waals surface area contributed by atoms with E-state index in [1.807, 2.05) is 74.5 Å². The van der Waals surface area contributed by atoms with Gasteiger partial charge in [-0.25, -0.2) is 9.80 Å². The van der Waals surface area contributed by atoms with Gasteiger partial charge in [0.2, 0.25) is 11.5 Å². The summed E-state index contributed by atoms with van der Waals surface area (Å²) in [6.07, 6.45) is 0.792. The first kappa shape index (κ1) is 24.0. The third-order valence-corrected chi connectivity index (χ3v) is 6.78. The highest BCUT2D eigenvalue weighted by molar-refractivity contribution is 5.99. The van der Waals surface area contributed by atoms with Gasteiger partial charge >= 0.3 is 6.03 Å². The molecule has 3 aromatic carbocycles. The second kappa shape index (κ2) is 8.62. The zero-order chi connectivity index (χ0) is 26.7. The van der Waals surface area contributed by atoms with Crippen molar-refractivity contribution in [3.05, 3.63) is 77.4 Å². The van der Waals surface area contributed by atoms with E-state index >= 15 is 0 Å². The summed E-state index contributed by atoms with van der Waals surface area (Å²) in [6, 6.07) is 19.3. The molecule has 6 rings (SSSR count). The van der Waals surface area contributed by atoms with Gasteiger partial charge in [0, 0.05) is 42.7 Å². The van der Waals surface area contributed by atoms with Crippen LogP contribution in [0.5, 0.6) is 23.0 Å². The molecule has 0 saturated carbocycles. The predicted octanol–water partition coefficient (Wildman–Crippen LogP) is 5.84. The Kier molecular flexibility index (Phi) is 5.45. The van der Waals surface area contributed by atoms with E-state index in [0.29, 0.717) is 23.8 Å². The first-order chi connectivity index (χ1) is 18.1. The standard InChI is InChI=1S/C30H31N3O5/c1-29(2)16-20-13-21(11-12-23(20)36-29)31-28(34)33-17-22(18-9-7-6-8-10-18)26(32-33)19-14-24(35-5)27-25(15-19)37-30(3,4)38-27/h6-15,32H,16-17H2,1-5H3,(H,31,34). The molecule has 3 aliphatic rings. The summed E-state index contributed by atoms with van der Waals surface area (Å²) in [7, 11) is 1.60. The van der Waals surface area contributed by atoms with E-state index in [9.17, 15) is 4.79 Å². The SMILES string of the molecule is COc1cc(C2=C(c3ccccc3)CN(C(=O)Nc3ccc4c(c3)CC(C)(C)O4)N2)cc2c1OC(C)(C)O2. The van der Waals surface area contributed by atoms with Crippen molar-refractivity contribution in [1.29, 1.82) is 0 Å². The monoisotopic (exact) mass is 513 g/mol. The number of hydrogen-bond donors (Lipinski definition) is 2. The zero-order valence-corrected chi connectivity index (χ0v) is 22.2. The van der Waals surface area contributed by atoms with Crippen LogP contribution in [-0.2, 0) is 6.42 Å². The molecular formula is C30H31N3O5. The summed E-state index contributed by atoms with van der Waals surface area (Å²) in [4.78, 5) is 13.4. The number of benzene rings is 3. The van der Waals surface area contributed by atoms with Crippen molar-refractivity contribution >= 4 is 23.0 Å². The zero-order valence-electron chi connectivity index (χ0n) is 22.2. The molecule has 8 nitrogen and oxygen atoms in total. The maximum absolute atomic E-state index is 13.4. The minimum Gasteiger partial charge on any atom is -0.493 e. The van der Waals surface area contributed by atoms with Crippen LogP contribution in [-0.4, -0.2) is 36.1 Å². The summed E-state index contributed by atoms with van der Waals surface area (Å²) >= 11 is 0. The Morgan fingerprint density at radius 1 is 0.947 bits per heavy atom. The van der Waals surface area contributed by atoms with E-state index in [-0.39, 0.29) is 11.6 Å². The number of nitrogens with one attached hydrogen (secondary N) is 2. The third-order valence-electron chi connectivity index (χ3n) is 6.78. The molecule has 3 aliphatic heterocycles. The molecular weight excluding hydrogens is 482 g/mol. The molecule has 0 bridgehead atoms. The van der Waals surface area contributed by atoms with Gasteiger partial charge in [0.15, 0.2) is 11.5 Å². The fourth-order valence-corrected chi connectivity index (χ4v) is 5.17. The van der Waals surface area contributed by atoms with Crippen molar-refractivity contribution in [2.75, 3.05) is 19.0 Å². The third kappa shape index (κ3) is 4.36. The van der Waals surface area contributed by atoms with Gasteiger partial charge in [-0.05, 0) is 49.7 Å². The number of anilines is 1. The smallest absolute Gasteiger partial charge is 0.340 e. The lowest BCUT2D eigenvalue weighted by Gasteiger charge is -2.19. The Hall–Kier alpha value is -4.33. The number of hydrogen-bond acceptors (Lipinski definition) is 6. The molecule has 0 aromatic heterocycles. The maximum atomic E-state index is 13.4. The van der Waals surface area contributed by atoms with E-state index in [4.69, 9.17) is 18.9 Å². The molecule has 196 valence electrons. The van der Waals surface area contributed by atoms with Crippen LogP contribution >= 0.6 is 0 Å². The van der Waals surface area contributed by atoms with Gasteiger partial charge in [0.25, 0.3) is 0 Å². The Bertz CT molecular complexity index is 1460. The number of rotatable bonds is 4. The van der Waals surface area contributed by atoms with Crippen LogP contribution < -0.4 is 29.7 Å². The molecule has 2 N–H and O–H groups in total. The summed E-state index contributed by atoms with van der Waals surface area (Å²) in [5.74, 6) is 1.80. The molecule has 2 amide bonds. The molecule has 0 atom stereocenters. The van der Waals surface area contributed by atoms with Crippen LogP contribution in [0.25, 0.3) is 11.3 Å². The molecule has 0 unspecified atom stereocenters. The number of fused-ring (bicyclic) bond motifs is 2. The summed E-state index contributed by atoms with van der Waals surface area (Å²) in [5, 5.41) is 4.61. The topological polar surface area (TPSA) is 81.3 Å². The van der Waals surface area contributed by atoms with Crippen molar-refractivity contribution in [3.8, 4) is 23.0 Å². The molecule has 0 saturated heterocycles. The minimum absolute atomic E-state index is 0.244. The Morgan fingerprint density at radius 3 is 2.50 bits per heavy atom. The van der Waals surface area contributed by atoms with Crippen LogP contribution in [0.1, 0.15) is 44.4 Å². The highest BCUT2D eigenvalue weighted by Crippen LogP contribution is 2.48.